The number of nitrogens with one attached hydrogen (secondary N) is 2. The number of carboxylic acid groups (broad SMARTS) is 1. The summed E-state index contributed by atoms with van der Waals surface area (Å²) in [6, 6.07) is 11.9. The number of likely N-dealkylation sites (tertiary alicyclic amines) is 1. The first kappa shape index (κ1) is 27.7. The number of piperidine rings is 1. The van der Waals surface area contributed by atoms with Crippen LogP contribution in [0.5, 0.6) is 5.75 Å². The van der Waals surface area contributed by atoms with E-state index in [1.54, 1.807) is 61.5 Å². The van der Waals surface area contributed by atoms with Crippen LogP contribution < -0.4 is 14.8 Å². The molecular weight excluding hydrogens is 494 g/mol. The maximum Gasteiger partial charge on any atom is 0.320 e. The van der Waals surface area contributed by atoms with Gasteiger partial charge in [0.1, 0.15) is 17.7 Å². The highest BCUT2D eigenvalue weighted by Crippen LogP contribution is 2.29. The molecule has 5 N–H and O–H groups in total. The van der Waals surface area contributed by atoms with Gasteiger partial charge in [-0.1, -0.05) is 30.4 Å². The molecule has 0 bridgehead atoms. The Morgan fingerprint density at radius 3 is 2.51 bits per heavy atom. The molecule has 0 atom stereocenters. The first-order valence-electron chi connectivity index (χ1n) is 11.9. The van der Waals surface area contributed by atoms with Gasteiger partial charge in [-0.25, -0.2) is 8.42 Å². The number of hydrogen-bond donors (Lipinski definition) is 4. The van der Waals surface area contributed by atoms with Crippen LogP contribution in [-0.4, -0.2) is 67.6 Å². The molecule has 2 aromatic rings. The van der Waals surface area contributed by atoms with Crippen molar-refractivity contribution in [3.63, 3.8) is 0 Å². The summed E-state index contributed by atoms with van der Waals surface area (Å²) in [5.41, 5.74) is 7.88. The van der Waals surface area contributed by atoms with Gasteiger partial charge in [0.2, 0.25) is 10.0 Å². The number of benzene rings is 2. The molecule has 1 heterocycles. The first-order chi connectivity index (χ1) is 17.5. The summed E-state index contributed by atoms with van der Waals surface area (Å²) in [5, 5.41) is 24.5. The van der Waals surface area contributed by atoms with Gasteiger partial charge in [0.25, 0.3) is 0 Å². The lowest BCUT2D eigenvalue weighted by Crippen LogP contribution is -2.40. The van der Waals surface area contributed by atoms with E-state index in [4.69, 9.17) is 21.3 Å². The van der Waals surface area contributed by atoms with E-state index in [-0.39, 0.29) is 18.5 Å². The molecule has 0 radical (unpaired) electrons. The highest BCUT2D eigenvalue weighted by atomic mass is 32.2. The summed E-state index contributed by atoms with van der Waals surface area (Å²) < 4.78 is 33.1. The monoisotopic (exact) mass is 527 g/mol. The van der Waals surface area contributed by atoms with Gasteiger partial charge in [-0.05, 0) is 49.2 Å². The Labute approximate surface area is 217 Å². The van der Waals surface area contributed by atoms with Crippen LogP contribution in [0, 0.1) is 17.7 Å². The van der Waals surface area contributed by atoms with Crippen LogP contribution in [0.3, 0.4) is 0 Å². The standard InChI is InChI=1S/C26H33N5O5S/c1-18-15-22(8-9-24(18)36-23-10-13-30(14-11-23)19(2)27)31(37(34,35)17-25(32)33)12-4-6-20-5-3-7-21(16-20)26(28)29/h3-9,15-16,23,27H,10-14,17H2,1-2H3,(H3,28,29)(H,32,33)/b6-4+,27-19?. The van der Waals surface area contributed by atoms with Crippen molar-refractivity contribution in [1.29, 1.82) is 10.8 Å². The summed E-state index contributed by atoms with van der Waals surface area (Å²) in [6.07, 6.45) is 4.89. The number of anilines is 1. The second-order valence-corrected chi connectivity index (χ2v) is 10.9. The third-order valence-electron chi connectivity index (χ3n) is 6.08. The zero-order valence-electron chi connectivity index (χ0n) is 21.0. The third kappa shape index (κ3) is 7.56. The molecule has 0 amide bonds. The molecule has 198 valence electrons. The predicted octanol–water partition coefficient (Wildman–Crippen LogP) is 3.05. The Balaban J connectivity index is 1.80. The van der Waals surface area contributed by atoms with Crippen molar-refractivity contribution in [3.8, 4) is 5.75 Å². The molecule has 1 aliphatic heterocycles. The number of aryl methyl sites for hydroxylation is 1. The lowest BCUT2D eigenvalue weighted by molar-refractivity contribution is -0.134. The van der Waals surface area contributed by atoms with Gasteiger partial charge >= 0.3 is 5.97 Å². The molecular formula is C26H33N5O5S. The number of amidine groups is 2. The van der Waals surface area contributed by atoms with Crippen molar-refractivity contribution in [2.75, 3.05) is 29.7 Å². The Morgan fingerprint density at radius 2 is 1.92 bits per heavy atom. The average Bonchev–Trinajstić information content (AvgIpc) is 2.83. The van der Waals surface area contributed by atoms with E-state index in [0.717, 1.165) is 41.4 Å². The largest absolute Gasteiger partial charge is 0.490 e. The number of carbonyl (C=O) groups is 1. The fourth-order valence-corrected chi connectivity index (χ4v) is 5.33. The van der Waals surface area contributed by atoms with Crippen LogP contribution in [0.4, 0.5) is 5.69 Å². The van der Waals surface area contributed by atoms with Crippen LogP contribution >= 0.6 is 0 Å². The fourth-order valence-electron chi connectivity index (χ4n) is 4.12. The predicted molar refractivity (Wildman–Crippen MR) is 145 cm³/mol. The van der Waals surface area contributed by atoms with Gasteiger partial charge in [0.15, 0.2) is 5.75 Å². The number of nitrogen functional groups attached to an aromatic ring is 1. The Morgan fingerprint density at radius 1 is 1.22 bits per heavy atom. The van der Waals surface area contributed by atoms with Crippen molar-refractivity contribution in [3.05, 3.63) is 65.2 Å². The summed E-state index contributed by atoms with van der Waals surface area (Å²) in [5.74, 6) is -1.37. The highest BCUT2D eigenvalue weighted by Gasteiger charge is 2.26. The van der Waals surface area contributed by atoms with Crippen molar-refractivity contribution in [2.24, 2.45) is 5.73 Å². The number of ether oxygens (including phenoxy) is 1. The molecule has 1 saturated heterocycles. The number of aliphatic carboxylic acids is 1. The highest BCUT2D eigenvalue weighted by molar-refractivity contribution is 7.93. The van der Waals surface area contributed by atoms with E-state index < -0.39 is 21.7 Å². The minimum absolute atomic E-state index is 0.000644. The molecule has 37 heavy (non-hydrogen) atoms. The molecule has 0 aromatic heterocycles. The number of nitrogens with zero attached hydrogens (tertiary/aromatic N) is 2. The topological polar surface area (TPSA) is 161 Å². The van der Waals surface area contributed by atoms with E-state index in [1.807, 2.05) is 11.8 Å². The van der Waals surface area contributed by atoms with Crippen molar-refractivity contribution < 1.29 is 23.1 Å². The van der Waals surface area contributed by atoms with Crippen molar-refractivity contribution in [1.82, 2.24) is 4.90 Å². The number of sulfonamides is 1. The maximum absolute atomic E-state index is 12.9. The summed E-state index contributed by atoms with van der Waals surface area (Å²) in [6.45, 7) is 5.01. The zero-order chi connectivity index (χ0) is 27.2. The van der Waals surface area contributed by atoms with Gasteiger partial charge in [-0.3, -0.25) is 19.9 Å². The van der Waals surface area contributed by atoms with Crippen molar-refractivity contribution in [2.45, 2.75) is 32.8 Å². The molecule has 0 aliphatic carbocycles. The normalized spacial score (nSPS) is 14.5. The van der Waals surface area contributed by atoms with Crippen LogP contribution in [0.25, 0.3) is 6.08 Å². The zero-order valence-corrected chi connectivity index (χ0v) is 21.8. The lowest BCUT2D eigenvalue weighted by Gasteiger charge is -2.33. The van der Waals surface area contributed by atoms with Crippen molar-refractivity contribution >= 4 is 39.4 Å². The molecule has 1 aliphatic rings. The van der Waals surface area contributed by atoms with Crippen LogP contribution in [0.2, 0.25) is 0 Å². The fraction of sp³-hybridized carbons (Fsp3) is 0.346. The molecule has 2 aromatic carbocycles. The molecule has 10 nitrogen and oxygen atoms in total. The van der Waals surface area contributed by atoms with Gasteiger partial charge in [-0.15, -0.1) is 0 Å². The molecule has 0 unspecified atom stereocenters. The van der Waals surface area contributed by atoms with E-state index in [0.29, 0.717) is 22.8 Å². The smallest absolute Gasteiger partial charge is 0.320 e. The molecule has 1 fully saturated rings. The summed E-state index contributed by atoms with van der Waals surface area (Å²) in [4.78, 5) is 13.3. The minimum Gasteiger partial charge on any atom is -0.490 e. The number of carboxylic acids is 1. The Bertz CT molecular complexity index is 1300. The molecule has 0 spiro atoms. The Kier molecular flexibility index (Phi) is 8.93. The van der Waals surface area contributed by atoms with Crippen LogP contribution in [0.1, 0.15) is 36.5 Å². The van der Waals surface area contributed by atoms with E-state index in [1.165, 1.54) is 0 Å². The third-order valence-corrected chi connectivity index (χ3v) is 7.72. The van der Waals surface area contributed by atoms with Gasteiger partial charge in [0.05, 0.1) is 18.1 Å². The van der Waals surface area contributed by atoms with Crippen LogP contribution in [-0.2, 0) is 14.8 Å². The second-order valence-electron chi connectivity index (χ2n) is 8.96. The van der Waals surface area contributed by atoms with Crippen LogP contribution in [0.15, 0.2) is 48.5 Å². The van der Waals surface area contributed by atoms with E-state index in [9.17, 15) is 18.3 Å². The molecule has 0 saturated carbocycles. The summed E-state index contributed by atoms with van der Waals surface area (Å²) >= 11 is 0. The van der Waals surface area contributed by atoms with E-state index >= 15 is 0 Å². The molecule has 3 rings (SSSR count). The lowest BCUT2D eigenvalue weighted by atomic mass is 10.1. The Hall–Kier alpha value is -3.86. The van der Waals surface area contributed by atoms with Gasteiger partial charge in [0, 0.05) is 31.5 Å². The number of hydrogen-bond acceptors (Lipinski definition) is 6. The van der Waals surface area contributed by atoms with Gasteiger partial charge < -0.3 is 20.5 Å². The van der Waals surface area contributed by atoms with Gasteiger partial charge in [-0.2, -0.15) is 0 Å². The number of nitrogens with two attached hydrogens (primary N) is 1. The minimum atomic E-state index is -4.16. The maximum atomic E-state index is 12.9. The van der Waals surface area contributed by atoms with E-state index in [2.05, 4.69) is 0 Å². The second kappa shape index (κ2) is 11.9. The first-order valence-corrected chi connectivity index (χ1v) is 13.5. The number of rotatable bonds is 10. The summed E-state index contributed by atoms with van der Waals surface area (Å²) in [7, 11) is -4.16. The average molecular weight is 528 g/mol. The molecule has 11 heteroatoms. The SMILES string of the molecule is CC(=N)N1CCC(Oc2ccc(N(C/C=C/c3cccc(C(=N)N)c3)S(=O)(=O)CC(=O)O)cc2C)CC1. The quantitative estimate of drug-likeness (QED) is 0.273.